The van der Waals surface area contributed by atoms with Gasteiger partial charge in [0.15, 0.2) is 0 Å². The van der Waals surface area contributed by atoms with Crippen molar-refractivity contribution >= 4 is 11.0 Å². The Kier molecular flexibility index (Phi) is 3.90. The maximum absolute atomic E-state index is 12.1. The third-order valence-corrected chi connectivity index (χ3v) is 4.34. The van der Waals surface area contributed by atoms with Gasteiger partial charge in [-0.1, -0.05) is 43.3 Å². The summed E-state index contributed by atoms with van der Waals surface area (Å²) in [5.41, 5.74) is 4.16. The van der Waals surface area contributed by atoms with Gasteiger partial charge in [-0.25, -0.2) is 4.98 Å². The van der Waals surface area contributed by atoms with Crippen molar-refractivity contribution in [3.05, 3.63) is 94.2 Å². The molecule has 0 spiro atoms. The van der Waals surface area contributed by atoms with Gasteiger partial charge in [0.2, 0.25) is 0 Å². The minimum absolute atomic E-state index is 0.0602. The Morgan fingerprint density at radius 3 is 2.64 bits per heavy atom. The van der Waals surface area contributed by atoms with Crippen molar-refractivity contribution in [2.75, 3.05) is 0 Å². The Balaban J connectivity index is 1.89. The molecule has 0 aliphatic carbocycles. The van der Waals surface area contributed by atoms with Gasteiger partial charge in [0.05, 0.1) is 11.0 Å². The van der Waals surface area contributed by atoms with Crippen LogP contribution in [0.3, 0.4) is 0 Å². The van der Waals surface area contributed by atoms with Gasteiger partial charge in [0.25, 0.3) is 5.56 Å². The fraction of sp³-hybridized carbons (Fsp3) is 0.150. The Morgan fingerprint density at radius 2 is 1.92 bits per heavy atom. The molecule has 2 heterocycles. The number of nitrogens with one attached hydrogen (secondary N) is 1. The number of rotatable bonds is 4. The van der Waals surface area contributed by atoms with E-state index in [2.05, 4.69) is 27.2 Å². The molecule has 124 valence electrons. The lowest BCUT2D eigenvalue weighted by Gasteiger charge is -2.19. The minimum Gasteiger partial charge on any atom is -0.319 e. The zero-order valence-corrected chi connectivity index (χ0v) is 13.9. The topological polar surface area (TPSA) is 63.6 Å². The van der Waals surface area contributed by atoms with Crippen molar-refractivity contribution in [3.8, 4) is 0 Å². The summed E-state index contributed by atoms with van der Waals surface area (Å²) in [4.78, 5) is 19.5. The van der Waals surface area contributed by atoms with Crippen molar-refractivity contribution in [1.82, 2.24) is 19.7 Å². The molecule has 1 atom stereocenters. The van der Waals surface area contributed by atoms with Crippen LogP contribution in [0.1, 0.15) is 29.8 Å². The molecule has 0 saturated carbocycles. The summed E-state index contributed by atoms with van der Waals surface area (Å²) in [5, 5.41) is 4.42. The molecule has 0 bridgehead atoms. The first-order chi connectivity index (χ1) is 12.3. The second-order valence-electron chi connectivity index (χ2n) is 5.94. The Bertz CT molecular complexity index is 1050. The first kappa shape index (κ1) is 15.3. The van der Waals surface area contributed by atoms with E-state index in [0.717, 1.165) is 22.2 Å². The van der Waals surface area contributed by atoms with Gasteiger partial charge in [-0.05, 0) is 35.7 Å². The summed E-state index contributed by atoms with van der Waals surface area (Å²) in [6.45, 7) is 1.93. The molecule has 0 amide bonds. The second-order valence-corrected chi connectivity index (χ2v) is 5.94. The quantitative estimate of drug-likeness (QED) is 0.624. The van der Waals surface area contributed by atoms with Crippen LogP contribution in [0.2, 0.25) is 0 Å². The SMILES string of the molecule is CCc1nc2ccc(C(c3ccccc3)n3cccn3)cc2[nH]c1=O. The lowest BCUT2D eigenvalue weighted by Crippen LogP contribution is -2.16. The zero-order valence-electron chi connectivity index (χ0n) is 13.9. The van der Waals surface area contributed by atoms with Crippen molar-refractivity contribution in [2.24, 2.45) is 0 Å². The van der Waals surface area contributed by atoms with Crippen LogP contribution in [0.25, 0.3) is 11.0 Å². The highest BCUT2D eigenvalue weighted by Gasteiger charge is 2.17. The van der Waals surface area contributed by atoms with Gasteiger partial charge in [-0.15, -0.1) is 0 Å². The van der Waals surface area contributed by atoms with Crippen LogP contribution >= 0.6 is 0 Å². The molecule has 5 nitrogen and oxygen atoms in total. The summed E-state index contributed by atoms with van der Waals surface area (Å²) < 4.78 is 1.92. The third-order valence-electron chi connectivity index (χ3n) is 4.34. The molecule has 4 aromatic rings. The van der Waals surface area contributed by atoms with Gasteiger partial charge >= 0.3 is 0 Å². The second kappa shape index (κ2) is 6.36. The Hall–Kier alpha value is -3.21. The summed E-state index contributed by atoms with van der Waals surface area (Å²) >= 11 is 0. The number of aromatic nitrogens is 4. The van der Waals surface area contributed by atoms with Gasteiger partial charge in [-0.3, -0.25) is 9.48 Å². The van der Waals surface area contributed by atoms with Crippen LogP contribution in [0.15, 0.2) is 71.8 Å². The van der Waals surface area contributed by atoms with E-state index in [1.807, 2.05) is 60.3 Å². The summed E-state index contributed by atoms with van der Waals surface area (Å²) in [7, 11) is 0. The predicted molar refractivity (Wildman–Crippen MR) is 97.7 cm³/mol. The van der Waals surface area contributed by atoms with Crippen molar-refractivity contribution in [2.45, 2.75) is 19.4 Å². The predicted octanol–water partition coefficient (Wildman–Crippen LogP) is 3.32. The lowest BCUT2D eigenvalue weighted by molar-refractivity contribution is 0.596. The van der Waals surface area contributed by atoms with E-state index in [1.54, 1.807) is 6.20 Å². The molecule has 0 aliphatic heterocycles. The Labute approximate surface area is 145 Å². The highest BCUT2D eigenvalue weighted by atomic mass is 16.1. The fourth-order valence-electron chi connectivity index (χ4n) is 3.12. The first-order valence-electron chi connectivity index (χ1n) is 8.33. The lowest BCUT2D eigenvalue weighted by atomic mass is 9.98. The van der Waals surface area contributed by atoms with E-state index >= 15 is 0 Å². The summed E-state index contributed by atoms with van der Waals surface area (Å²) in [6.07, 6.45) is 4.34. The van der Waals surface area contributed by atoms with E-state index in [1.165, 1.54) is 0 Å². The van der Waals surface area contributed by atoms with Crippen LogP contribution in [0, 0.1) is 0 Å². The fourth-order valence-corrected chi connectivity index (χ4v) is 3.12. The van der Waals surface area contributed by atoms with Crippen molar-refractivity contribution in [1.29, 1.82) is 0 Å². The number of nitrogens with zero attached hydrogens (tertiary/aromatic N) is 3. The molecular formula is C20H18N4O. The molecule has 25 heavy (non-hydrogen) atoms. The van der Waals surface area contributed by atoms with Gasteiger partial charge in [-0.2, -0.15) is 5.10 Å². The summed E-state index contributed by atoms with van der Waals surface area (Å²) in [5.74, 6) is 0. The first-order valence-corrected chi connectivity index (χ1v) is 8.33. The third kappa shape index (κ3) is 2.85. The maximum Gasteiger partial charge on any atom is 0.270 e. The highest BCUT2D eigenvalue weighted by molar-refractivity contribution is 5.75. The minimum atomic E-state index is -0.123. The van der Waals surface area contributed by atoms with Gasteiger partial charge < -0.3 is 4.98 Å². The Morgan fingerprint density at radius 1 is 1.08 bits per heavy atom. The van der Waals surface area contributed by atoms with E-state index < -0.39 is 0 Å². The molecular weight excluding hydrogens is 312 g/mol. The molecule has 2 aromatic carbocycles. The number of aryl methyl sites for hydroxylation is 1. The molecule has 0 radical (unpaired) electrons. The van der Waals surface area contributed by atoms with E-state index in [-0.39, 0.29) is 11.6 Å². The van der Waals surface area contributed by atoms with Crippen LogP contribution in [-0.2, 0) is 6.42 Å². The summed E-state index contributed by atoms with van der Waals surface area (Å²) in [6, 6.07) is 18.0. The molecule has 0 saturated heterocycles. The molecule has 1 unspecified atom stereocenters. The number of aromatic amines is 1. The van der Waals surface area contributed by atoms with Gasteiger partial charge in [0.1, 0.15) is 11.7 Å². The zero-order chi connectivity index (χ0) is 17.2. The number of benzene rings is 2. The number of hydrogen-bond acceptors (Lipinski definition) is 3. The monoisotopic (exact) mass is 330 g/mol. The van der Waals surface area contributed by atoms with Gasteiger partial charge in [0, 0.05) is 12.4 Å². The highest BCUT2D eigenvalue weighted by Crippen LogP contribution is 2.27. The average molecular weight is 330 g/mol. The number of fused-ring (bicyclic) bond motifs is 1. The normalized spacial score (nSPS) is 12.4. The molecule has 0 fully saturated rings. The van der Waals surface area contributed by atoms with Crippen molar-refractivity contribution in [3.63, 3.8) is 0 Å². The average Bonchev–Trinajstić information content (AvgIpc) is 3.16. The van der Waals surface area contributed by atoms with E-state index in [0.29, 0.717) is 12.1 Å². The van der Waals surface area contributed by atoms with E-state index in [4.69, 9.17) is 0 Å². The standard InChI is InChI=1S/C20H18N4O/c1-2-16-20(25)23-18-13-15(9-10-17(18)22-16)19(24-12-6-11-21-24)14-7-4-3-5-8-14/h3-13,19H,2H2,1H3,(H,23,25). The molecule has 1 N–H and O–H groups in total. The molecule has 2 aromatic heterocycles. The largest absolute Gasteiger partial charge is 0.319 e. The molecule has 4 rings (SSSR count). The van der Waals surface area contributed by atoms with Crippen LogP contribution in [0.4, 0.5) is 0 Å². The van der Waals surface area contributed by atoms with Crippen LogP contribution in [-0.4, -0.2) is 19.7 Å². The maximum atomic E-state index is 12.1. The van der Waals surface area contributed by atoms with Crippen molar-refractivity contribution < 1.29 is 0 Å². The number of hydrogen-bond donors (Lipinski definition) is 1. The van der Waals surface area contributed by atoms with E-state index in [9.17, 15) is 4.79 Å². The molecule has 5 heteroatoms. The van der Waals surface area contributed by atoms with Crippen LogP contribution < -0.4 is 5.56 Å². The smallest absolute Gasteiger partial charge is 0.270 e. The van der Waals surface area contributed by atoms with Crippen LogP contribution in [0.5, 0.6) is 0 Å². The molecule has 0 aliphatic rings. The number of H-pyrrole nitrogens is 1.